The van der Waals surface area contributed by atoms with Crippen molar-refractivity contribution in [2.45, 2.75) is 12.8 Å². The molecule has 4 N–H and O–H groups in total. The van der Waals surface area contributed by atoms with Gasteiger partial charge in [-0.25, -0.2) is 9.80 Å². The average Bonchev–Trinajstić information content (AvgIpc) is 2.19. The topological polar surface area (TPSA) is 93.6 Å². The molecule has 1 amide bonds. The number of hydrazine groups is 1. The van der Waals surface area contributed by atoms with Crippen LogP contribution in [-0.4, -0.2) is 47.2 Å². The molecule has 0 radical (unpaired) electrons. The summed E-state index contributed by atoms with van der Waals surface area (Å²) in [6.07, 6.45) is 1.68. The number of piperidine rings is 1. The molecule has 15 heavy (non-hydrogen) atoms. The van der Waals surface area contributed by atoms with Crippen LogP contribution in [0.5, 0.6) is 0 Å². The van der Waals surface area contributed by atoms with Crippen molar-refractivity contribution in [3.05, 3.63) is 0 Å². The van der Waals surface area contributed by atoms with E-state index in [1.165, 1.54) is 0 Å². The summed E-state index contributed by atoms with van der Waals surface area (Å²) in [7, 11) is 0. The van der Waals surface area contributed by atoms with Gasteiger partial charge in [0.05, 0.1) is 0 Å². The van der Waals surface area contributed by atoms with Crippen molar-refractivity contribution in [1.82, 2.24) is 10.0 Å². The minimum absolute atomic E-state index is 0. The molecule has 0 aliphatic carbocycles. The van der Waals surface area contributed by atoms with Crippen molar-refractivity contribution in [3.8, 4) is 0 Å². The zero-order chi connectivity index (χ0) is 10.6. The Bertz CT molecular complexity index is 227. The van der Waals surface area contributed by atoms with Crippen LogP contribution < -0.4 is 5.73 Å². The minimum Gasteiger partial charge on any atom is -0.464 e. The molecule has 7 heteroatoms. The molecular formula is C8H17ClN4O2. The van der Waals surface area contributed by atoms with E-state index >= 15 is 0 Å². The second kappa shape index (κ2) is 6.60. The van der Waals surface area contributed by atoms with Crippen molar-refractivity contribution < 1.29 is 9.90 Å². The number of hydrogen-bond donors (Lipinski definition) is 3. The van der Waals surface area contributed by atoms with E-state index in [1.54, 1.807) is 5.01 Å². The van der Waals surface area contributed by atoms with E-state index in [4.69, 9.17) is 16.2 Å². The molecule has 1 fully saturated rings. The summed E-state index contributed by atoms with van der Waals surface area (Å²) in [5.74, 6) is 0.338. The van der Waals surface area contributed by atoms with Crippen molar-refractivity contribution >= 4 is 24.8 Å². The number of hydrogen-bond acceptors (Lipinski definition) is 4. The molecule has 1 aliphatic heterocycles. The highest BCUT2D eigenvalue weighted by Crippen LogP contribution is 2.16. The molecule has 0 saturated carbocycles. The van der Waals surface area contributed by atoms with E-state index < -0.39 is 6.09 Å². The lowest BCUT2D eigenvalue weighted by Gasteiger charge is -2.36. The fourth-order valence-electron chi connectivity index (χ4n) is 1.69. The van der Waals surface area contributed by atoms with Crippen molar-refractivity contribution in [1.29, 1.82) is 5.41 Å². The van der Waals surface area contributed by atoms with Crippen LogP contribution in [0.3, 0.4) is 0 Å². The summed E-state index contributed by atoms with van der Waals surface area (Å²) >= 11 is 0. The van der Waals surface area contributed by atoms with Gasteiger partial charge >= 0.3 is 6.09 Å². The first kappa shape index (κ1) is 14.2. The summed E-state index contributed by atoms with van der Waals surface area (Å²) < 4.78 is 0. The quantitative estimate of drug-likeness (QED) is 0.494. The van der Waals surface area contributed by atoms with Gasteiger partial charge in [-0.05, 0) is 25.3 Å². The van der Waals surface area contributed by atoms with Gasteiger partial charge in [0.2, 0.25) is 0 Å². The van der Waals surface area contributed by atoms with Crippen molar-refractivity contribution in [2.75, 3.05) is 19.6 Å². The standard InChI is InChI=1S/C8H16N4O2.ClH/c9-4-7-2-1-3-11(5-7)12(6-10)8(13)14;/h6-7,10H,1-5,9H2,(H,13,14);1H/t7-;/m0./s1. The molecule has 1 heterocycles. The number of nitrogens with one attached hydrogen (secondary N) is 1. The third kappa shape index (κ3) is 3.65. The molecule has 0 spiro atoms. The van der Waals surface area contributed by atoms with Gasteiger partial charge in [-0.2, -0.15) is 5.01 Å². The molecule has 1 atom stereocenters. The summed E-state index contributed by atoms with van der Waals surface area (Å²) in [6, 6.07) is 0. The van der Waals surface area contributed by atoms with Crippen molar-refractivity contribution in [2.24, 2.45) is 11.7 Å². The Labute approximate surface area is 94.9 Å². The molecule has 0 aromatic rings. The molecule has 0 bridgehead atoms. The average molecular weight is 237 g/mol. The fourth-order valence-corrected chi connectivity index (χ4v) is 1.69. The largest absolute Gasteiger partial charge is 0.464 e. The maximum absolute atomic E-state index is 10.7. The van der Waals surface area contributed by atoms with Gasteiger partial charge in [0.25, 0.3) is 0 Å². The Morgan fingerprint density at radius 3 is 2.87 bits per heavy atom. The van der Waals surface area contributed by atoms with Crippen LogP contribution in [0.15, 0.2) is 0 Å². The lowest BCUT2D eigenvalue weighted by Crippen LogP contribution is -2.50. The first-order chi connectivity index (χ1) is 6.69. The monoisotopic (exact) mass is 236 g/mol. The smallest absolute Gasteiger partial charge is 0.427 e. The van der Waals surface area contributed by atoms with Gasteiger partial charge in [0.15, 0.2) is 0 Å². The van der Waals surface area contributed by atoms with Crippen LogP contribution in [0, 0.1) is 11.3 Å². The number of carbonyl (C=O) groups is 1. The van der Waals surface area contributed by atoms with Gasteiger partial charge in [-0.1, -0.05) is 0 Å². The molecule has 1 aliphatic rings. The van der Waals surface area contributed by atoms with E-state index in [-0.39, 0.29) is 12.4 Å². The second-order valence-electron chi connectivity index (χ2n) is 3.41. The zero-order valence-corrected chi connectivity index (χ0v) is 9.24. The highest BCUT2D eigenvalue weighted by molar-refractivity contribution is 5.85. The molecule has 88 valence electrons. The molecule has 1 saturated heterocycles. The SMILES string of the molecule is Cl.N=CN(C(=O)O)N1CCC[C@@H](CN)C1. The van der Waals surface area contributed by atoms with E-state index in [0.717, 1.165) is 24.2 Å². The number of nitrogens with two attached hydrogens (primary N) is 1. The predicted octanol–water partition coefficient (Wildman–Crippen LogP) is 0.581. The van der Waals surface area contributed by atoms with Gasteiger partial charge in [0, 0.05) is 13.1 Å². The third-order valence-electron chi connectivity index (χ3n) is 2.45. The highest BCUT2D eigenvalue weighted by atomic mass is 35.5. The van der Waals surface area contributed by atoms with Gasteiger partial charge < -0.3 is 10.8 Å². The Kier molecular flexibility index (Phi) is 6.23. The highest BCUT2D eigenvalue weighted by Gasteiger charge is 2.25. The molecule has 0 aromatic heterocycles. The first-order valence-corrected chi connectivity index (χ1v) is 4.66. The summed E-state index contributed by atoms with van der Waals surface area (Å²) in [5.41, 5.74) is 5.53. The Morgan fingerprint density at radius 1 is 1.73 bits per heavy atom. The lowest BCUT2D eigenvalue weighted by molar-refractivity contribution is 0.0164. The van der Waals surface area contributed by atoms with E-state index in [0.29, 0.717) is 25.6 Å². The zero-order valence-electron chi connectivity index (χ0n) is 8.43. The molecule has 6 nitrogen and oxygen atoms in total. The number of rotatable bonds is 3. The number of nitrogens with zero attached hydrogens (tertiary/aromatic N) is 2. The van der Waals surface area contributed by atoms with Gasteiger partial charge in [-0.15, -0.1) is 12.4 Å². The first-order valence-electron chi connectivity index (χ1n) is 4.66. The second-order valence-corrected chi connectivity index (χ2v) is 3.41. The maximum Gasteiger partial charge on any atom is 0.427 e. The molecule has 0 unspecified atom stereocenters. The Morgan fingerprint density at radius 2 is 2.40 bits per heavy atom. The third-order valence-corrected chi connectivity index (χ3v) is 2.45. The minimum atomic E-state index is -1.11. The van der Waals surface area contributed by atoms with Crippen LogP contribution in [-0.2, 0) is 0 Å². The molecule has 0 aromatic carbocycles. The summed E-state index contributed by atoms with van der Waals surface area (Å²) in [5, 5.41) is 18.4. The predicted molar refractivity (Wildman–Crippen MR) is 59.2 cm³/mol. The van der Waals surface area contributed by atoms with Gasteiger partial charge in [0.1, 0.15) is 6.34 Å². The lowest BCUT2D eigenvalue weighted by atomic mass is 9.99. The maximum atomic E-state index is 10.7. The van der Waals surface area contributed by atoms with Crippen molar-refractivity contribution in [3.63, 3.8) is 0 Å². The number of amides is 1. The van der Waals surface area contributed by atoms with Crippen LogP contribution in [0.25, 0.3) is 0 Å². The normalized spacial score (nSPS) is 21.5. The van der Waals surface area contributed by atoms with Crippen LogP contribution >= 0.6 is 12.4 Å². The van der Waals surface area contributed by atoms with Crippen LogP contribution in [0.4, 0.5) is 4.79 Å². The van der Waals surface area contributed by atoms with Crippen LogP contribution in [0.1, 0.15) is 12.8 Å². The fraction of sp³-hybridized carbons (Fsp3) is 0.750. The Balaban J connectivity index is 0.00000196. The summed E-state index contributed by atoms with van der Waals surface area (Å²) in [6.45, 7) is 1.87. The van der Waals surface area contributed by atoms with E-state index in [9.17, 15) is 4.79 Å². The molecular weight excluding hydrogens is 220 g/mol. The van der Waals surface area contributed by atoms with Gasteiger partial charge in [-0.3, -0.25) is 5.41 Å². The number of halogens is 1. The molecule has 1 rings (SSSR count). The Hall–Kier alpha value is -0.850. The van der Waals surface area contributed by atoms with Crippen LogP contribution in [0.2, 0.25) is 0 Å². The number of carboxylic acid groups (broad SMARTS) is 1. The summed E-state index contributed by atoms with van der Waals surface area (Å²) in [4.78, 5) is 10.7. The van der Waals surface area contributed by atoms with E-state index in [1.807, 2.05) is 0 Å². The van der Waals surface area contributed by atoms with E-state index in [2.05, 4.69) is 0 Å².